The summed E-state index contributed by atoms with van der Waals surface area (Å²) in [5, 5.41) is 13.2. The predicted molar refractivity (Wildman–Crippen MR) is 73.0 cm³/mol. The minimum absolute atomic E-state index is 0.00908. The molecule has 0 aliphatic heterocycles. The molecule has 0 aliphatic rings. The second kappa shape index (κ2) is 6.36. The minimum Gasteiger partial charge on any atom is -0.393 e. The molecule has 1 rings (SSSR count). The molecule has 110 valence electrons. The molecule has 0 fully saturated rings. The molecule has 19 heavy (non-hydrogen) atoms. The van der Waals surface area contributed by atoms with Gasteiger partial charge in [0, 0.05) is 18.8 Å². The normalized spacial score (nSPS) is 15.4. The molecule has 1 aromatic heterocycles. The highest BCUT2D eigenvalue weighted by Gasteiger charge is 2.23. The maximum atomic E-state index is 12.1. The number of hydrogen-bond acceptors (Lipinski definition) is 5. The van der Waals surface area contributed by atoms with Crippen molar-refractivity contribution in [3.63, 3.8) is 0 Å². The fourth-order valence-electron chi connectivity index (χ4n) is 1.86. The van der Waals surface area contributed by atoms with E-state index in [2.05, 4.69) is 9.82 Å². The van der Waals surface area contributed by atoms with Crippen molar-refractivity contribution in [1.29, 1.82) is 0 Å². The fourth-order valence-corrected chi connectivity index (χ4v) is 3.19. The van der Waals surface area contributed by atoms with Gasteiger partial charge in [-0.15, -0.1) is 0 Å². The first-order chi connectivity index (χ1) is 8.76. The van der Waals surface area contributed by atoms with Crippen LogP contribution in [0, 0.1) is 0 Å². The Morgan fingerprint density at radius 2 is 2.16 bits per heavy atom. The molecule has 0 saturated heterocycles. The lowest BCUT2D eigenvalue weighted by atomic mass is 10.2. The van der Waals surface area contributed by atoms with Crippen LogP contribution in [0.25, 0.3) is 0 Å². The van der Waals surface area contributed by atoms with Gasteiger partial charge in [-0.25, -0.2) is 13.1 Å². The molecule has 2 unspecified atom stereocenters. The lowest BCUT2D eigenvalue weighted by Crippen LogP contribution is -2.34. The van der Waals surface area contributed by atoms with Gasteiger partial charge in [-0.1, -0.05) is 6.92 Å². The van der Waals surface area contributed by atoms with E-state index in [-0.39, 0.29) is 16.8 Å². The number of nitrogens with zero attached hydrogens (tertiary/aromatic N) is 2. The highest BCUT2D eigenvalue weighted by atomic mass is 32.2. The summed E-state index contributed by atoms with van der Waals surface area (Å²) in [6.07, 6.45) is 2.03. The van der Waals surface area contributed by atoms with Gasteiger partial charge in [0.2, 0.25) is 10.0 Å². The third-order valence-electron chi connectivity index (χ3n) is 2.55. The summed E-state index contributed by atoms with van der Waals surface area (Å²) in [6.45, 7) is 5.88. The monoisotopic (exact) mass is 290 g/mol. The van der Waals surface area contributed by atoms with Gasteiger partial charge in [0.25, 0.3) is 0 Å². The molecule has 0 saturated carbocycles. The summed E-state index contributed by atoms with van der Waals surface area (Å²) >= 11 is 0. The van der Waals surface area contributed by atoms with Crippen LogP contribution in [0.4, 0.5) is 5.82 Å². The van der Waals surface area contributed by atoms with Gasteiger partial charge in [-0.3, -0.25) is 4.68 Å². The highest BCUT2D eigenvalue weighted by molar-refractivity contribution is 7.89. The van der Waals surface area contributed by atoms with Crippen LogP contribution in [0.1, 0.15) is 33.6 Å². The van der Waals surface area contributed by atoms with Crippen molar-refractivity contribution in [3.05, 3.63) is 6.20 Å². The number of anilines is 1. The Labute approximate surface area is 113 Å². The Balaban J connectivity index is 2.88. The lowest BCUT2D eigenvalue weighted by Gasteiger charge is -2.14. The van der Waals surface area contributed by atoms with Crippen LogP contribution in [0.2, 0.25) is 0 Å². The Hall–Kier alpha value is -1.12. The SMILES string of the molecule is CCCn1cc(S(=O)(=O)NC(C)CC(C)O)c(N)n1. The van der Waals surface area contributed by atoms with Crippen LogP contribution in [-0.2, 0) is 16.6 Å². The average Bonchev–Trinajstić information content (AvgIpc) is 2.58. The Morgan fingerprint density at radius 1 is 1.53 bits per heavy atom. The van der Waals surface area contributed by atoms with Crippen LogP contribution in [0.15, 0.2) is 11.1 Å². The Bertz CT molecular complexity index is 510. The van der Waals surface area contributed by atoms with Crippen molar-refractivity contribution in [3.8, 4) is 0 Å². The van der Waals surface area contributed by atoms with Crippen LogP contribution in [0.3, 0.4) is 0 Å². The molecule has 8 heteroatoms. The maximum absolute atomic E-state index is 12.1. The van der Waals surface area contributed by atoms with E-state index in [0.717, 1.165) is 6.42 Å². The van der Waals surface area contributed by atoms with Gasteiger partial charge >= 0.3 is 0 Å². The largest absolute Gasteiger partial charge is 0.393 e. The zero-order valence-corrected chi connectivity index (χ0v) is 12.3. The van der Waals surface area contributed by atoms with Gasteiger partial charge in [-0.2, -0.15) is 5.10 Å². The summed E-state index contributed by atoms with van der Waals surface area (Å²) in [4.78, 5) is -0.0154. The van der Waals surface area contributed by atoms with Crippen molar-refractivity contribution in [2.45, 2.75) is 57.2 Å². The second-order valence-electron chi connectivity index (χ2n) is 4.75. The zero-order valence-electron chi connectivity index (χ0n) is 11.5. The first kappa shape index (κ1) is 15.9. The molecular formula is C11H22N4O3S. The number of aliphatic hydroxyl groups is 1. The van der Waals surface area contributed by atoms with Crippen LogP contribution >= 0.6 is 0 Å². The summed E-state index contributed by atoms with van der Waals surface area (Å²) in [6, 6.07) is -0.376. The number of rotatable bonds is 7. The Kier molecular flexibility index (Phi) is 5.33. The van der Waals surface area contributed by atoms with Crippen LogP contribution in [0.5, 0.6) is 0 Å². The number of aryl methyl sites for hydroxylation is 1. The van der Waals surface area contributed by atoms with E-state index < -0.39 is 16.1 Å². The van der Waals surface area contributed by atoms with Crippen molar-refractivity contribution < 1.29 is 13.5 Å². The molecular weight excluding hydrogens is 268 g/mol. The second-order valence-corrected chi connectivity index (χ2v) is 6.43. The van der Waals surface area contributed by atoms with Gasteiger partial charge in [0.05, 0.1) is 6.10 Å². The number of sulfonamides is 1. The summed E-state index contributed by atoms with van der Waals surface area (Å²) in [7, 11) is -3.70. The van der Waals surface area contributed by atoms with Gasteiger partial charge < -0.3 is 10.8 Å². The highest BCUT2D eigenvalue weighted by Crippen LogP contribution is 2.17. The van der Waals surface area contributed by atoms with Gasteiger partial charge in [0.15, 0.2) is 5.82 Å². The average molecular weight is 290 g/mol. The van der Waals surface area contributed by atoms with Crippen molar-refractivity contribution in [1.82, 2.24) is 14.5 Å². The fraction of sp³-hybridized carbons (Fsp3) is 0.727. The molecule has 4 N–H and O–H groups in total. The van der Waals surface area contributed by atoms with Gasteiger partial charge in [0.1, 0.15) is 4.90 Å². The van der Waals surface area contributed by atoms with E-state index in [1.54, 1.807) is 13.8 Å². The van der Waals surface area contributed by atoms with E-state index in [4.69, 9.17) is 5.73 Å². The molecule has 0 spiro atoms. The van der Waals surface area contributed by atoms with E-state index in [9.17, 15) is 13.5 Å². The molecule has 1 heterocycles. The third kappa shape index (κ3) is 4.48. The number of hydrogen-bond donors (Lipinski definition) is 3. The van der Waals surface area contributed by atoms with Crippen molar-refractivity contribution >= 4 is 15.8 Å². The molecule has 0 aliphatic carbocycles. The van der Waals surface area contributed by atoms with Crippen molar-refractivity contribution in [2.24, 2.45) is 0 Å². The number of aliphatic hydroxyl groups excluding tert-OH is 1. The zero-order chi connectivity index (χ0) is 14.6. The van der Waals surface area contributed by atoms with E-state index in [1.807, 2.05) is 6.92 Å². The first-order valence-electron chi connectivity index (χ1n) is 6.29. The number of aromatic nitrogens is 2. The van der Waals surface area contributed by atoms with Gasteiger partial charge in [-0.05, 0) is 26.7 Å². The maximum Gasteiger partial charge on any atom is 0.246 e. The molecule has 2 atom stereocenters. The standard InChI is InChI=1S/C11H22N4O3S/c1-4-5-15-7-10(11(12)13-15)19(17,18)14-8(2)6-9(3)16/h7-9,14,16H,4-6H2,1-3H3,(H2,12,13). The van der Waals surface area contributed by atoms with E-state index >= 15 is 0 Å². The van der Waals surface area contributed by atoms with Crippen LogP contribution < -0.4 is 10.5 Å². The summed E-state index contributed by atoms with van der Waals surface area (Å²) in [5.41, 5.74) is 5.63. The minimum atomic E-state index is -3.70. The first-order valence-corrected chi connectivity index (χ1v) is 7.78. The molecule has 0 radical (unpaired) electrons. The third-order valence-corrected chi connectivity index (χ3v) is 4.15. The quantitative estimate of drug-likeness (QED) is 0.669. The van der Waals surface area contributed by atoms with E-state index in [1.165, 1.54) is 10.9 Å². The summed E-state index contributed by atoms with van der Waals surface area (Å²) < 4.78 is 28.3. The van der Waals surface area contributed by atoms with Crippen LogP contribution in [-0.4, -0.2) is 35.5 Å². The topological polar surface area (TPSA) is 110 Å². The molecule has 1 aromatic rings. The van der Waals surface area contributed by atoms with E-state index in [0.29, 0.717) is 13.0 Å². The number of nitrogen functional groups attached to an aromatic ring is 1. The molecule has 7 nitrogen and oxygen atoms in total. The lowest BCUT2D eigenvalue weighted by molar-refractivity contribution is 0.175. The molecule has 0 aromatic carbocycles. The smallest absolute Gasteiger partial charge is 0.246 e. The number of nitrogens with two attached hydrogens (primary N) is 1. The number of nitrogens with one attached hydrogen (secondary N) is 1. The predicted octanol–water partition coefficient (Wildman–Crippen LogP) is 0.313. The summed E-state index contributed by atoms with van der Waals surface area (Å²) in [5.74, 6) is -0.00908. The molecule has 0 bridgehead atoms. The van der Waals surface area contributed by atoms with Crippen molar-refractivity contribution in [2.75, 3.05) is 5.73 Å². The Morgan fingerprint density at radius 3 is 2.68 bits per heavy atom. The molecule has 0 amide bonds.